The smallest absolute Gasteiger partial charge is 0.0761 e. The Morgan fingerprint density at radius 3 is 2.25 bits per heavy atom. The molecule has 80 valence electrons. The van der Waals surface area contributed by atoms with E-state index in [4.69, 9.17) is 0 Å². The Hall–Kier alpha value is -1.54. The fourth-order valence-corrected chi connectivity index (χ4v) is 2.46. The van der Waals surface area contributed by atoms with E-state index >= 15 is 0 Å². The van der Waals surface area contributed by atoms with E-state index in [2.05, 4.69) is 49.0 Å². The zero-order chi connectivity index (χ0) is 11.4. The van der Waals surface area contributed by atoms with E-state index in [0.717, 1.165) is 10.6 Å². The molecule has 2 heteroatoms. The zero-order valence-corrected chi connectivity index (χ0v) is 10.00. The van der Waals surface area contributed by atoms with Crippen molar-refractivity contribution in [2.24, 2.45) is 4.99 Å². The molecule has 2 aromatic carbocycles. The van der Waals surface area contributed by atoms with Crippen molar-refractivity contribution in [1.29, 1.82) is 0 Å². The molecule has 0 amide bonds. The van der Waals surface area contributed by atoms with Gasteiger partial charge in [-0.25, -0.2) is 0 Å². The summed E-state index contributed by atoms with van der Waals surface area (Å²) in [5.41, 5.74) is 2.22. The summed E-state index contributed by atoms with van der Waals surface area (Å²) in [5.74, 6) is 0. The molecule has 0 aliphatic rings. The number of nitrogens with zero attached hydrogens (tertiary/aromatic N) is 1. The lowest BCUT2D eigenvalue weighted by molar-refractivity contribution is 1.29. The molecular formula is C14H13NS. The maximum Gasteiger partial charge on any atom is 0.0761 e. The molecule has 0 heterocycles. The Kier molecular flexibility index (Phi) is 3.42. The number of aliphatic imine (C=N–C) groups is 1. The molecule has 0 aliphatic carbocycles. The highest BCUT2D eigenvalue weighted by molar-refractivity contribution is 7.99. The summed E-state index contributed by atoms with van der Waals surface area (Å²) in [6.45, 7) is 5.71. The quantitative estimate of drug-likeness (QED) is 0.704. The highest BCUT2D eigenvalue weighted by Gasteiger charge is 2.03. The van der Waals surface area contributed by atoms with Gasteiger partial charge >= 0.3 is 0 Å². The Balaban J connectivity index is 2.34. The minimum Gasteiger partial charge on any atom is -0.263 e. The van der Waals surface area contributed by atoms with Gasteiger partial charge in [-0.3, -0.25) is 4.99 Å². The fraction of sp³-hybridized carbons (Fsp3) is 0.0714. The third-order valence-electron chi connectivity index (χ3n) is 2.35. The molecule has 0 aromatic heterocycles. The molecule has 16 heavy (non-hydrogen) atoms. The van der Waals surface area contributed by atoms with Crippen molar-refractivity contribution in [3.05, 3.63) is 54.1 Å². The van der Waals surface area contributed by atoms with Gasteiger partial charge in [0.2, 0.25) is 0 Å². The summed E-state index contributed by atoms with van der Waals surface area (Å²) >= 11 is 1.73. The minimum atomic E-state index is 0.941. The second-order valence-corrected chi connectivity index (χ2v) is 4.58. The Labute approximate surface area is 100 Å². The highest BCUT2D eigenvalue weighted by Crippen LogP contribution is 2.35. The molecule has 0 atom stereocenters. The first-order valence-corrected chi connectivity index (χ1v) is 5.92. The van der Waals surface area contributed by atoms with Gasteiger partial charge in [0, 0.05) is 9.79 Å². The van der Waals surface area contributed by atoms with Crippen LogP contribution in [0.5, 0.6) is 0 Å². The van der Waals surface area contributed by atoms with Crippen molar-refractivity contribution in [1.82, 2.24) is 0 Å². The van der Waals surface area contributed by atoms with Gasteiger partial charge in [-0.1, -0.05) is 42.1 Å². The molecule has 0 saturated heterocycles. The maximum atomic E-state index is 4.03. The van der Waals surface area contributed by atoms with E-state index in [0.29, 0.717) is 0 Å². The lowest BCUT2D eigenvalue weighted by Crippen LogP contribution is -1.79. The van der Waals surface area contributed by atoms with Crippen molar-refractivity contribution in [3.63, 3.8) is 0 Å². The second kappa shape index (κ2) is 4.99. The van der Waals surface area contributed by atoms with Crippen molar-refractivity contribution in [3.8, 4) is 0 Å². The van der Waals surface area contributed by atoms with Crippen molar-refractivity contribution in [2.45, 2.75) is 16.7 Å². The van der Waals surface area contributed by atoms with Gasteiger partial charge in [0.25, 0.3) is 0 Å². The van der Waals surface area contributed by atoms with Crippen molar-refractivity contribution >= 4 is 24.2 Å². The molecule has 0 bridgehead atoms. The molecular weight excluding hydrogens is 214 g/mol. The van der Waals surface area contributed by atoms with Crippen LogP contribution < -0.4 is 0 Å². The third-order valence-corrected chi connectivity index (χ3v) is 3.59. The molecule has 0 spiro atoms. The average molecular weight is 227 g/mol. The average Bonchev–Trinajstić information content (AvgIpc) is 2.33. The summed E-state index contributed by atoms with van der Waals surface area (Å²) in [6, 6.07) is 16.4. The first-order valence-electron chi connectivity index (χ1n) is 5.10. The lowest BCUT2D eigenvalue weighted by atomic mass is 10.2. The van der Waals surface area contributed by atoms with E-state index < -0.39 is 0 Å². The van der Waals surface area contributed by atoms with Crippen molar-refractivity contribution in [2.75, 3.05) is 0 Å². The van der Waals surface area contributed by atoms with E-state index in [1.165, 1.54) is 10.5 Å². The van der Waals surface area contributed by atoms with Gasteiger partial charge in [0.15, 0.2) is 0 Å². The molecule has 0 saturated carbocycles. The molecule has 0 fully saturated rings. The SMILES string of the molecule is C=Nc1ccccc1Sc1ccccc1C. The highest BCUT2D eigenvalue weighted by atomic mass is 32.2. The lowest BCUT2D eigenvalue weighted by Gasteiger charge is -2.07. The van der Waals surface area contributed by atoms with Crippen LogP contribution in [0.1, 0.15) is 5.56 Å². The Bertz CT molecular complexity index is 506. The predicted octanol–water partition coefficient (Wildman–Crippen LogP) is 4.48. The standard InChI is InChI=1S/C14H13NS/c1-11-7-3-5-9-13(11)16-14-10-6-4-8-12(14)15-2/h3-10H,2H2,1H3. The number of hydrogen-bond donors (Lipinski definition) is 0. The van der Waals surface area contributed by atoms with Crippen LogP contribution in [0.4, 0.5) is 5.69 Å². The first kappa shape index (κ1) is 11.0. The monoisotopic (exact) mass is 227 g/mol. The van der Waals surface area contributed by atoms with Gasteiger partial charge in [-0.2, -0.15) is 0 Å². The van der Waals surface area contributed by atoms with Crippen LogP contribution in [0.15, 0.2) is 63.3 Å². The van der Waals surface area contributed by atoms with E-state index in [9.17, 15) is 0 Å². The van der Waals surface area contributed by atoms with Crippen molar-refractivity contribution < 1.29 is 0 Å². The largest absolute Gasteiger partial charge is 0.263 e. The van der Waals surface area contributed by atoms with E-state index in [1.54, 1.807) is 11.8 Å². The van der Waals surface area contributed by atoms with Crippen LogP contribution in [0, 0.1) is 6.92 Å². The van der Waals surface area contributed by atoms with Crippen LogP contribution in [0.25, 0.3) is 0 Å². The Morgan fingerprint density at radius 2 is 1.56 bits per heavy atom. The van der Waals surface area contributed by atoms with Crippen LogP contribution in [-0.2, 0) is 0 Å². The van der Waals surface area contributed by atoms with Gasteiger partial charge in [-0.15, -0.1) is 0 Å². The summed E-state index contributed by atoms with van der Waals surface area (Å²) in [4.78, 5) is 6.43. The molecule has 1 nitrogen and oxygen atoms in total. The van der Waals surface area contributed by atoms with E-state index in [-0.39, 0.29) is 0 Å². The summed E-state index contributed by atoms with van der Waals surface area (Å²) in [5, 5.41) is 0. The van der Waals surface area contributed by atoms with Crippen LogP contribution in [0.3, 0.4) is 0 Å². The predicted molar refractivity (Wildman–Crippen MR) is 71.0 cm³/mol. The number of para-hydroxylation sites is 1. The third kappa shape index (κ3) is 2.34. The molecule has 2 rings (SSSR count). The second-order valence-electron chi connectivity index (χ2n) is 3.49. The van der Waals surface area contributed by atoms with Gasteiger partial charge in [-0.05, 0) is 37.4 Å². The Morgan fingerprint density at radius 1 is 0.938 bits per heavy atom. The molecule has 0 unspecified atom stereocenters. The van der Waals surface area contributed by atoms with Crippen LogP contribution in [-0.4, -0.2) is 6.72 Å². The van der Waals surface area contributed by atoms with Crippen LogP contribution in [0.2, 0.25) is 0 Å². The molecule has 0 radical (unpaired) electrons. The molecule has 0 N–H and O–H groups in total. The number of benzene rings is 2. The normalized spacial score (nSPS) is 10.1. The summed E-state index contributed by atoms with van der Waals surface area (Å²) in [6.07, 6.45) is 0. The van der Waals surface area contributed by atoms with Gasteiger partial charge in [0.05, 0.1) is 5.69 Å². The van der Waals surface area contributed by atoms with Gasteiger partial charge < -0.3 is 0 Å². The summed E-state index contributed by atoms with van der Waals surface area (Å²) < 4.78 is 0. The molecule has 2 aromatic rings. The summed E-state index contributed by atoms with van der Waals surface area (Å²) in [7, 11) is 0. The maximum absolute atomic E-state index is 4.03. The number of aryl methyl sites for hydroxylation is 1. The van der Waals surface area contributed by atoms with E-state index in [1.807, 2.05) is 18.2 Å². The topological polar surface area (TPSA) is 12.4 Å². The fourth-order valence-electron chi connectivity index (χ4n) is 1.46. The zero-order valence-electron chi connectivity index (χ0n) is 9.18. The first-order chi connectivity index (χ1) is 7.81. The number of hydrogen-bond acceptors (Lipinski definition) is 2. The number of rotatable bonds is 3. The van der Waals surface area contributed by atoms with Crippen LogP contribution >= 0.6 is 11.8 Å². The van der Waals surface area contributed by atoms with Gasteiger partial charge in [0.1, 0.15) is 0 Å². The minimum absolute atomic E-state index is 0.941. The molecule has 0 aliphatic heterocycles.